The van der Waals surface area contributed by atoms with Gasteiger partial charge in [-0.2, -0.15) is 14.9 Å². The highest BCUT2D eigenvalue weighted by atomic mass is 32.1. The van der Waals surface area contributed by atoms with Crippen molar-refractivity contribution in [3.8, 4) is 5.82 Å². The van der Waals surface area contributed by atoms with Gasteiger partial charge in [0.05, 0.1) is 17.6 Å². The summed E-state index contributed by atoms with van der Waals surface area (Å²) in [6, 6.07) is 3.91. The summed E-state index contributed by atoms with van der Waals surface area (Å²) in [6.07, 6.45) is 1.69. The molecular weight excluding hydrogens is 304 g/mol. The Labute approximate surface area is 129 Å². The van der Waals surface area contributed by atoms with Gasteiger partial charge >= 0.3 is 0 Å². The molecule has 9 nitrogen and oxygen atoms in total. The molecule has 0 aliphatic carbocycles. The second kappa shape index (κ2) is 5.85. The van der Waals surface area contributed by atoms with Gasteiger partial charge in [0.25, 0.3) is 0 Å². The van der Waals surface area contributed by atoms with Crippen LogP contribution < -0.4 is 5.73 Å². The second-order valence-electron chi connectivity index (χ2n) is 4.35. The van der Waals surface area contributed by atoms with Crippen molar-refractivity contribution in [3.05, 3.63) is 33.8 Å². The molecule has 2 N–H and O–H groups in total. The third kappa shape index (κ3) is 2.63. The zero-order valence-corrected chi connectivity index (χ0v) is 12.7. The third-order valence-corrected chi connectivity index (χ3v) is 3.68. The standard InChI is InChI=1S/C12H12N8OS/c1-7(15-14-6-9-4-3-5-22-9)10-8(2)20(19-16-10)12-11(13)17-21-18-12/h3-6H,1-2H3,(H2,13,17)/b14-6+,15-7+. The molecule has 0 fully saturated rings. The molecular formula is C12H12N8OS. The van der Waals surface area contributed by atoms with E-state index in [1.54, 1.807) is 24.5 Å². The molecule has 0 bridgehead atoms. The molecule has 3 rings (SSSR count). The molecule has 0 amide bonds. The lowest BCUT2D eigenvalue weighted by atomic mass is 10.2. The Morgan fingerprint density at radius 1 is 1.45 bits per heavy atom. The first-order valence-electron chi connectivity index (χ1n) is 6.29. The fourth-order valence-electron chi connectivity index (χ4n) is 1.79. The van der Waals surface area contributed by atoms with Crippen LogP contribution in [0.2, 0.25) is 0 Å². The van der Waals surface area contributed by atoms with Crippen LogP contribution in [0.1, 0.15) is 23.2 Å². The predicted molar refractivity (Wildman–Crippen MR) is 82.5 cm³/mol. The van der Waals surface area contributed by atoms with Crippen LogP contribution in [-0.2, 0) is 0 Å². The van der Waals surface area contributed by atoms with E-state index in [-0.39, 0.29) is 5.82 Å². The Morgan fingerprint density at radius 3 is 3.00 bits per heavy atom. The molecule has 22 heavy (non-hydrogen) atoms. The van der Waals surface area contributed by atoms with Crippen LogP contribution in [-0.4, -0.2) is 37.2 Å². The molecule has 3 aromatic rings. The smallest absolute Gasteiger partial charge is 0.243 e. The first kappa shape index (κ1) is 14.1. The second-order valence-corrected chi connectivity index (χ2v) is 5.33. The zero-order chi connectivity index (χ0) is 15.5. The summed E-state index contributed by atoms with van der Waals surface area (Å²) < 4.78 is 6.01. The minimum absolute atomic E-state index is 0.143. The Balaban J connectivity index is 1.86. The summed E-state index contributed by atoms with van der Waals surface area (Å²) in [5.74, 6) is 0.441. The van der Waals surface area contributed by atoms with Crippen molar-refractivity contribution in [1.29, 1.82) is 0 Å². The minimum Gasteiger partial charge on any atom is -0.378 e. The fourth-order valence-corrected chi connectivity index (χ4v) is 2.37. The number of rotatable bonds is 4. The summed E-state index contributed by atoms with van der Waals surface area (Å²) in [6.45, 7) is 3.63. The van der Waals surface area contributed by atoms with Crippen LogP contribution in [0.15, 0.2) is 32.3 Å². The maximum Gasteiger partial charge on any atom is 0.243 e. The summed E-state index contributed by atoms with van der Waals surface area (Å²) >= 11 is 1.59. The molecule has 0 aromatic carbocycles. The van der Waals surface area contributed by atoms with E-state index in [9.17, 15) is 0 Å². The molecule has 0 saturated heterocycles. The quantitative estimate of drug-likeness (QED) is 0.574. The van der Waals surface area contributed by atoms with Gasteiger partial charge in [0.1, 0.15) is 5.69 Å². The van der Waals surface area contributed by atoms with E-state index in [4.69, 9.17) is 5.73 Å². The molecule has 0 spiro atoms. The lowest BCUT2D eigenvalue weighted by molar-refractivity contribution is 0.306. The van der Waals surface area contributed by atoms with Crippen molar-refractivity contribution in [1.82, 2.24) is 25.3 Å². The summed E-state index contributed by atoms with van der Waals surface area (Å²) in [5.41, 5.74) is 7.60. The molecule has 0 aliphatic heterocycles. The van der Waals surface area contributed by atoms with E-state index in [0.717, 1.165) is 10.6 Å². The van der Waals surface area contributed by atoms with Crippen LogP contribution in [0.3, 0.4) is 0 Å². The van der Waals surface area contributed by atoms with E-state index in [1.807, 2.05) is 24.4 Å². The lowest BCUT2D eigenvalue weighted by Gasteiger charge is -1.98. The van der Waals surface area contributed by atoms with Crippen molar-refractivity contribution in [2.24, 2.45) is 10.2 Å². The number of nitrogens with zero attached hydrogens (tertiary/aromatic N) is 7. The highest BCUT2D eigenvalue weighted by Crippen LogP contribution is 2.15. The van der Waals surface area contributed by atoms with Crippen LogP contribution in [0, 0.1) is 6.92 Å². The van der Waals surface area contributed by atoms with Gasteiger partial charge < -0.3 is 5.73 Å². The number of hydrogen-bond acceptors (Lipinski definition) is 9. The van der Waals surface area contributed by atoms with Gasteiger partial charge in [-0.05, 0) is 35.6 Å². The SMILES string of the molecule is C/C(=N\N=C\c1cccs1)c1nnn(-c2nonc2N)c1C. The highest BCUT2D eigenvalue weighted by molar-refractivity contribution is 7.11. The molecule has 0 atom stereocenters. The van der Waals surface area contributed by atoms with Gasteiger partial charge in [0, 0.05) is 4.88 Å². The zero-order valence-electron chi connectivity index (χ0n) is 11.8. The van der Waals surface area contributed by atoms with Crippen molar-refractivity contribution in [3.63, 3.8) is 0 Å². The summed E-state index contributed by atoms with van der Waals surface area (Å²) in [7, 11) is 0. The average Bonchev–Trinajstić information content (AvgIpc) is 3.21. The molecule has 0 saturated carbocycles. The van der Waals surface area contributed by atoms with Crippen LogP contribution in [0.25, 0.3) is 5.82 Å². The summed E-state index contributed by atoms with van der Waals surface area (Å²) in [5, 5.41) is 25.4. The number of nitrogen functional groups attached to an aromatic ring is 1. The van der Waals surface area contributed by atoms with E-state index >= 15 is 0 Å². The van der Waals surface area contributed by atoms with E-state index in [0.29, 0.717) is 17.2 Å². The Kier molecular flexibility index (Phi) is 3.74. The normalized spacial score (nSPS) is 12.4. The van der Waals surface area contributed by atoms with Crippen LogP contribution in [0.5, 0.6) is 0 Å². The van der Waals surface area contributed by atoms with E-state index < -0.39 is 0 Å². The molecule has 0 aliphatic rings. The van der Waals surface area contributed by atoms with Gasteiger partial charge in [-0.3, -0.25) is 0 Å². The van der Waals surface area contributed by atoms with Gasteiger partial charge in [0.2, 0.25) is 11.6 Å². The highest BCUT2D eigenvalue weighted by Gasteiger charge is 2.17. The maximum atomic E-state index is 5.65. The molecule has 0 unspecified atom stereocenters. The van der Waals surface area contributed by atoms with Crippen molar-refractivity contribution in [2.45, 2.75) is 13.8 Å². The fraction of sp³-hybridized carbons (Fsp3) is 0.167. The van der Waals surface area contributed by atoms with E-state index in [2.05, 4.69) is 35.5 Å². The average molecular weight is 316 g/mol. The monoisotopic (exact) mass is 316 g/mol. The first-order valence-corrected chi connectivity index (χ1v) is 7.17. The van der Waals surface area contributed by atoms with Crippen LogP contribution in [0.4, 0.5) is 5.82 Å². The molecule has 3 aromatic heterocycles. The lowest BCUT2D eigenvalue weighted by Crippen LogP contribution is -2.04. The van der Waals surface area contributed by atoms with Crippen molar-refractivity contribution < 1.29 is 4.63 Å². The Morgan fingerprint density at radius 2 is 2.32 bits per heavy atom. The maximum absolute atomic E-state index is 5.65. The predicted octanol–water partition coefficient (Wildman–Crippen LogP) is 1.45. The number of nitrogens with two attached hydrogens (primary N) is 1. The number of thiophene rings is 1. The van der Waals surface area contributed by atoms with Gasteiger partial charge in [-0.25, -0.2) is 4.63 Å². The van der Waals surface area contributed by atoms with Gasteiger partial charge in [0.15, 0.2) is 0 Å². The minimum atomic E-state index is 0.143. The number of aromatic nitrogens is 5. The Bertz CT molecular complexity index is 829. The van der Waals surface area contributed by atoms with Gasteiger partial charge in [-0.1, -0.05) is 11.3 Å². The number of anilines is 1. The Hall–Kier alpha value is -2.88. The van der Waals surface area contributed by atoms with Crippen molar-refractivity contribution in [2.75, 3.05) is 5.73 Å². The largest absolute Gasteiger partial charge is 0.378 e. The van der Waals surface area contributed by atoms with E-state index in [1.165, 1.54) is 4.68 Å². The van der Waals surface area contributed by atoms with Gasteiger partial charge in [-0.15, -0.1) is 16.4 Å². The molecule has 0 radical (unpaired) electrons. The van der Waals surface area contributed by atoms with Crippen molar-refractivity contribution >= 4 is 29.1 Å². The third-order valence-electron chi connectivity index (χ3n) is 2.87. The topological polar surface area (TPSA) is 120 Å². The molecule has 112 valence electrons. The summed E-state index contributed by atoms with van der Waals surface area (Å²) in [4.78, 5) is 1.03. The van der Waals surface area contributed by atoms with Crippen LogP contribution >= 0.6 is 11.3 Å². The first-order chi connectivity index (χ1) is 10.7. The number of hydrogen-bond donors (Lipinski definition) is 1. The molecule has 3 heterocycles. The molecule has 10 heteroatoms.